The molecule has 0 aliphatic carbocycles. The van der Waals surface area contributed by atoms with Crippen LogP contribution in [0.5, 0.6) is 5.75 Å². The summed E-state index contributed by atoms with van der Waals surface area (Å²) in [4.78, 5) is -0.586. The number of benzene rings is 3. The molecule has 2 N–H and O–H groups in total. The lowest BCUT2D eigenvalue weighted by Gasteiger charge is -2.13. The third kappa shape index (κ3) is 6.38. The van der Waals surface area contributed by atoms with Crippen LogP contribution in [0.1, 0.15) is 17.5 Å². The summed E-state index contributed by atoms with van der Waals surface area (Å²) in [5.74, 6) is -0.0255. The zero-order valence-electron chi connectivity index (χ0n) is 21.8. The number of aryl methyl sites for hydroxylation is 1. The van der Waals surface area contributed by atoms with Crippen molar-refractivity contribution in [2.75, 3.05) is 19.6 Å². The second-order valence-electron chi connectivity index (χ2n) is 9.71. The van der Waals surface area contributed by atoms with Crippen molar-refractivity contribution in [3.05, 3.63) is 90.0 Å². The maximum absolute atomic E-state index is 13.2. The number of aromatic nitrogens is 2. The monoisotopic (exact) mass is 570 g/mol. The van der Waals surface area contributed by atoms with E-state index >= 15 is 0 Å². The van der Waals surface area contributed by atoms with E-state index < -0.39 is 26.8 Å². The van der Waals surface area contributed by atoms with Gasteiger partial charge in [0, 0.05) is 24.7 Å². The summed E-state index contributed by atoms with van der Waals surface area (Å²) in [7, 11) is -4.57. The highest BCUT2D eigenvalue weighted by molar-refractivity contribution is 7.87. The molecule has 210 valence electrons. The molecule has 1 aliphatic heterocycles. The van der Waals surface area contributed by atoms with Crippen molar-refractivity contribution in [1.82, 2.24) is 20.4 Å². The Balaban J connectivity index is 1.49. The lowest BCUT2D eigenvalue weighted by molar-refractivity contribution is -0.137. The van der Waals surface area contributed by atoms with E-state index in [9.17, 15) is 21.6 Å². The highest BCUT2D eigenvalue weighted by Gasteiger charge is 2.32. The number of halogens is 3. The van der Waals surface area contributed by atoms with Gasteiger partial charge in [-0.1, -0.05) is 48.0 Å². The molecule has 2 heterocycles. The summed E-state index contributed by atoms with van der Waals surface area (Å²) >= 11 is 0. The second kappa shape index (κ2) is 11.4. The van der Waals surface area contributed by atoms with Crippen molar-refractivity contribution in [3.63, 3.8) is 0 Å². The van der Waals surface area contributed by atoms with Crippen LogP contribution in [0.3, 0.4) is 0 Å². The topological polar surface area (TPSA) is 85.2 Å². The second-order valence-corrected chi connectivity index (χ2v) is 11.3. The van der Waals surface area contributed by atoms with Gasteiger partial charge in [0.2, 0.25) is 0 Å². The van der Waals surface area contributed by atoms with E-state index in [0.717, 1.165) is 54.5 Å². The third-order valence-electron chi connectivity index (χ3n) is 6.73. The molecule has 1 aromatic heterocycles. The van der Waals surface area contributed by atoms with Crippen molar-refractivity contribution in [2.24, 2.45) is 0 Å². The minimum Gasteiger partial charge on any atom is -0.378 e. The smallest absolute Gasteiger partial charge is 0.378 e. The van der Waals surface area contributed by atoms with Gasteiger partial charge in [-0.2, -0.15) is 26.7 Å². The molecule has 4 aromatic rings. The number of hydrogen-bond donors (Lipinski definition) is 2. The Bertz CT molecular complexity index is 1580. The molecule has 0 radical (unpaired) electrons. The predicted molar refractivity (Wildman–Crippen MR) is 146 cm³/mol. The first-order valence-electron chi connectivity index (χ1n) is 12.9. The fourth-order valence-corrected chi connectivity index (χ4v) is 5.67. The first kappa shape index (κ1) is 27.9. The van der Waals surface area contributed by atoms with Gasteiger partial charge >= 0.3 is 16.3 Å². The molecule has 5 rings (SSSR count). The Morgan fingerprint density at radius 1 is 1.05 bits per heavy atom. The van der Waals surface area contributed by atoms with Crippen LogP contribution in [0.25, 0.3) is 22.5 Å². The molecule has 1 atom stereocenters. The molecular formula is C29H29F3N4O3S. The zero-order chi connectivity index (χ0) is 28.3. The Hall–Kier alpha value is -3.67. The van der Waals surface area contributed by atoms with E-state index in [-0.39, 0.29) is 5.75 Å². The van der Waals surface area contributed by atoms with Gasteiger partial charge in [-0.15, -0.1) is 0 Å². The van der Waals surface area contributed by atoms with E-state index in [0.29, 0.717) is 36.5 Å². The highest BCUT2D eigenvalue weighted by Crippen LogP contribution is 2.36. The maximum atomic E-state index is 13.2. The average molecular weight is 571 g/mol. The van der Waals surface area contributed by atoms with Gasteiger partial charge in [-0.3, -0.25) is 4.68 Å². The predicted octanol–water partition coefficient (Wildman–Crippen LogP) is 5.26. The lowest BCUT2D eigenvalue weighted by Crippen LogP contribution is -2.33. The van der Waals surface area contributed by atoms with Crippen LogP contribution in [-0.4, -0.2) is 43.9 Å². The number of hydrogen-bond acceptors (Lipinski definition) is 6. The summed E-state index contributed by atoms with van der Waals surface area (Å²) in [6, 6.07) is 20.4. The number of rotatable bonds is 9. The Morgan fingerprint density at radius 2 is 1.85 bits per heavy atom. The van der Waals surface area contributed by atoms with Gasteiger partial charge < -0.3 is 14.8 Å². The van der Waals surface area contributed by atoms with E-state index in [1.807, 2.05) is 48.0 Å². The van der Waals surface area contributed by atoms with Crippen LogP contribution in [-0.2, 0) is 22.8 Å². The largest absolute Gasteiger partial charge is 0.416 e. The van der Waals surface area contributed by atoms with Crippen LogP contribution < -0.4 is 14.8 Å². The number of nitrogens with one attached hydrogen (secondary N) is 2. The normalized spacial score (nSPS) is 15.8. The molecule has 0 bridgehead atoms. The van der Waals surface area contributed by atoms with Gasteiger partial charge in [-0.25, -0.2) is 0 Å². The van der Waals surface area contributed by atoms with Crippen LogP contribution in [0, 0.1) is 6.92 Å². The lowest BCUT2D eigenvalue weighted by atomic mass is 10.1. The summed E-state index contributed by atoms with van der Waals surface area (Å²) in [5.41, 5.74) is 2.45. The van der Waals surface area contributed by atoms with Crippen LogP contribution in [0.4, 0.5) is 13.2 Å². The zero-order valence-corrected chi connectivity index (χ0v) is 22.6. The van der Waals surface area contributed by atoms with Crippen LogP contribution in [0.2, 0.25) is 0 Å². The molecule has 0 amide bonds. The van der Waals surface area contributed by atoms with Gasteiger partial charge in [0.15, 0.2) is 5.75 Å². The van der Waals surface area contributed by atoms with Gasteiger partial charge in [0.25, 0.3) is 0 Å². The Labute approximate surface area is 231 Å². The minimum absolute atomic E-state index is 0.0255. The Morgan fingerprint density at radius 3 is 2.58 bits per heavy atom. The fraction of sp³-hybridized carbons (Fsp3) is 0.276. The van der Waals surface area contributed by atoms with Crippen LogP contribution in [0.15, 0.2) is 83.8 Å². The molecule has 40 heavy (non-hydrogen) atoms. The minimum atomic E-state index is -4.69. The molecule has 1 fully saturated rings. The molecular weight excluding hydrogens is 541 g/mol. The van der Waals surface area contributed by atoms with E-state index in [4.69, 9.17) is 9.28 Å². The molecule has 0 spiro atoms. The first-order chi connectivity index (χ1) is 19.1. The van der Waals surface area contributed by atoms with Gasteiger partial charge in [0.1, 0.15) is 4.90 Å². The summed E-state index contributed by atoms with van der Waals surface area (Å²) in [6.07, 6.45) is -3.63. The number of nitrogens with zero attached hydrogens (tertiary/aromatic N) is 2. The summed E-state index contributed by atoms with van der Waals surface area (Å²) in [5, 5.41) is 11.7. The molecule has 0 unspecified atom stereocenters. The molecule has 1 saturated heterocycles. The SMILES string of the molecule is Cc1ccc(OS(=O)(=O)c2cccc(C(F)(F)F)c2)c(-c2cc(-c3ccccc3)n(CCN[C@@H]3CCNC3)n2)c1. The fourth-order valence-electron chi connectivity index (χ4n) is 4.67. The highest BCUT2D eigenvalue weighted by atomic mass is 32.2. The van der Waals surface area contributed by atoms with Crippen molar-refractivity contribution in [3.8, 4) is 28.3 Å². The van der Waals surface area contributed by atoms with Gasteiger partial charge in [-0.05, 0) is 61.9 Å². The van der Waals surface area contributed by atoms with E-state index in [2.05, 4.69) is 10.6 Å². The standard InChI is InChI=1S/C29H29F3N4O3S/c1-20-10-11-28(39-40(37,38)24-9-5-8-22(17-24)29(30,31)32)25(16-20)26-18-27(21-6-3-2-4-7-21)36(35-26)15-14-34-23-12-13-33-19-23/h2-11,16-18,23,33-34H,12-15,19H2,1H3/t23-/m1/s1. The third-order valence-corrected chi connectivity index (χ3v) is 7.96. The van der Waals surface area contributed by atoms with Crippen molar-refractivity contribution < 1.29 is 25.8 Å². The molecule has 1 aliphatic rings. The quantitative estimate of drug-likeness (QED) is 0.267. The van der Waals surface area contributed by atoms with Crippen molar-refractivity contribution >= 4 is 10.1 Å². The van der Waals surface area contributed by atoms with E-state index in [1.54, 1.807) is 12.1 Å². The van der Waals surface area contributed by atoms with Crippen molar-refractivity contribution in [2.45, 2.75) is 37.0 Å². The molecule has 3 aromatic carbocycles. The number of alkyl halides is 3. The Kier molecular flexibility index (Phi) is 7.97. The first-order valence-corrected chi connectivity index (χ1v) is 14.3. The van der Waals surface area contributed by atoms with E-state index in [1.165, 1.54) is 6.07 Å². The van der Waals surface area contributed by atoms with Crippen LogP contribution >= 0.6 is 0 Å². The molecule has 7 nitrogen and oxygen atoms in total. The van der Waals surface area contributed by atoms with Crippen molar-refractivity contribution in [1.29, 1.82) is 0 Å². The average Bonchev–Trinajstić information content (AvgIpc) is 3.60. The molecule has 11 heteroatoms. The van der Waals surface area contributed by atoms with Gasteiger partial charge in [0.05, 0.1) is 23.5 Å². The summed E-state index contributed by atoms with van der Waals surface area (Å²) < 4.78 is 73.1. The summed E-state index contributed by atoms with van der Waals surface area (Å²) in [6.45, 7) is 5.02. The molecule has 0 saturated carbocycles. The maximum Gasteiger partial charge on any atom is 0.416 e.